The number of ether oxygens (including phenoxy) is 4. The molecule has 1 aromatic rings. The van der Waals surface area contributed by atoms with Crippen LogP contribution in [-0.2, 0) is 9.47 Å². The van der Waals surface area contributed by atoms with E-state index in [1.807, 2.05) is 24.3 Å². The Labute approximate surface area is 175 Å². The van der Waals surface area contributed by atoms with Gasteiger partial charge in [-0.05, 0) is 50.5 Å². The van der Waals surface area contributed by atoms with Gasteiger partial charge in [-0.25, -0.2) is 0 Å². The van der Waals surface area contributed by atoms with Crippen LogP contribution < -0.4 is 14.8 Å². The number of methoxy groups -OCH3 is 2. The van der Waals surface area contributed by atoms with Gasteiger partial charge < -0.3 is 29.2 Å². The van der Waals surface area contributed by atoms with Crippen LogP contribution in [-0.4, -0.2) is 77.2 Å². The van der Waals surface area contributed by atoms with Gasteiger partial charge in [0.15, 0.2) is 5.96 Å². The van der Waals surface area contributed by atoms with Gasteiger partial charge >= 0.3 is 0 Å². The van der Waals surface area contributed by atoms with Gasteiger partial charge in [0, 0.05) is 52.9 Å². The number of piperidine rings is 1. The molecule has 0 amide bonds. The Hall–Kier alpha value is -1.99. The lowest BCUT2D eigenvalue weighted by molar-refractivity contribution is 0.00990. The zero-order chi connectivity index (χ0) is 20.7. The fourth-order valence-electron chi connectivity index (χ4n) is 3.22. The molecule has 1 aromatic carbocycles. The van der Waals surface area contributed by atoms with E-state index in [0.29, 0.717) is 12.7 Å². The number of benzene rings is 1. The summed E-state index contributed by atoms with van der Waals surface area (Å²) in [5.41, 5.74) is 0. The minimum Gasteiger partial charge on any atom is -0.497 e. The molecule has 0 bridgehead atoms. The number of guanidine groups is 1. The molecule has 0 saturated carbocycles. The monoisotopic (exact) mass is 407 g/mol. The Balaban J connectivity index is 1.68. The van der Waals surface area contributed by atoms with Gasteiger partial charge in [0.05, 0.1) is 19.8 Å². The molecule has 1 heterocycles. The molecule has 0 aromatic heterocycles. The van der Waals surface area contributed by atoms with Gasteiger partial charge in [-0.15, -0.1) is 0 Å². The topological polar surface area (TPSA) is 64.6 Å². The van der Waals surface area contributed by atoms with Gasteiger partial charge in [-0.3, -0.25) is 4.99 Å². The molecule has 2 rings (SSSR count). The highest BCUT2D eigenvalue weighted by atomic mass is 16.5. The second kappa shape index (κ2) is 14.1. The van der Waals surface area contributed by atoms with Gasteiger partial charge in [-0.1, -0.05) is 0 Å². The first-order chi connectivity index (χ1) is 14.3. The number of nitrogens with one attached hydrogen (secondary N) is 1. The predicted molar refractivity (Wildman–Crippen MR) is 116 cm³/mol. The molecular formula is C22H37N3O4. The van der Waals surface area contributed by atoms with Crippen LogP contribution in [0.15, 0.2) is 29.3 Å². The van der Waals surface area contributed by atoms with Crippen LogP contribution in [0.3, 0.4) is 0 Å². The van der Waals surface area contributed by atoms with Crippen LogP contribution in [0.25, 0.3) is 0 Å². The molecule has 7 nitrogen and oxygen atoms in total. The molecule has 0 unspecified atom stereocenters. The van der Waals surface area contributed by atoms with Gasteiger partial charge in [0.1, 0.15) is 11.5 Å². The summed E-state index contributed by atoms with van der Waals surface area (Å²) in [5, 5.41) is 3.41. The molecule has 0 aliphatic carbocycles. The van der Waals surface area contributed by atoms with E-state index in [0.717, 1.165) is 82.5 Å². The summed E-state index contributed by atoms with van der Waals surface area (Å²) in [6.07, 6.45) is 4.26. The smallest absolute Gasteiger partial charge is 0.193 e. The Bertz CT molecular complexity index is 572. The van der Waals surface area contributed by atoms with Crippen molar-refractivity contribution in [2.24, 2.45) is 4.99 Å². The van der Waals surface area contributed by atoms with Crippen molar-refractivity contribution in [2.75, 3.05) is 60.2 Å². The maximum atomic E-state index is 5.95. The van der Waals surface area contributed by atoms with E-state index in [1.54, 1.807) is 14.2 Å². The molecule has 1 saturated heterocycles. The maximum Gasteiger partial charge on any atom is 0.193 e. The molecule has 0 spiro atoms. The van der Waals surface area contributed by atoms with Crippen LogP contribution in [0.5, 0.6) is 11.5 Å². The lowest BCUT2D eigenvalue weighted by Gasteiger charge is -2.34. The van der Waals surface area contributed by atoms with Crippen molar-refractivity contribution in [1.29, 1.82) is 0 Å². The number of aliphatic imine (C=N–C) groups is 1. The van der Waals surface area contributed by atoms with Crippen molar-refractivity contribution in [3.63, 3.8) is 0 Å². The summed E-state index contributed by atoms with van der Waals surface area (Å²) in [4.78, 5) is 7.12. The summed E-state index contributed by atoms with van der Waals surface area (Å²) in [5.74, 6) is 2.69. The highest BCUT2D eigenvalue weighted by Gasteiger charge is 2.21. The fraction of sp³-hybridized carbons (Fsp3) is 0.682. The van der Waals surface area contributed by atoms with Gasteiger partial charge in [0.2, 0.25) is 0 Å². The predicted octanol–water partition coefficient (Wildman–Crippen LogP) is 2.95. The molecule has 1 N–H and O–H groups in total. The number of hydrogen-bond acceptors (Lipinski definition) is 5. The lowest BCUT2D eigenvalue weighted by Crippen LogP contribution is -2.47. The summed E-state index contributed by atoms with van der Waals surface area (Å²) < 4.78 is 22.0. The summed E-state index contributed by atoms with van der Waals surface area (Å²) in [6, 6.07) is 7.66. The minimum atomic E-state index is 0.351. The molecular weight excluding hydrogens is 370 g/mol. The quantitative estimate of drug-likeness (QED) is 0.327. The van der Waals surface area contributed by atoms with Crippen molar-refractivity contribution in [3.8, 4) is 11.5 Å². The molecule has 29 heavy (non-hydrogen) atoms. The van der Waals surface area contributed by atoms with Gasteiger partial charge in [-0.2, -0.15) is 0 Å². The van der Waals surface area contributed by atoms with E-state index in [-0.39, 0.29) is 0 Å². The second-order valence-corrected chi connectivity index (χ2v) is 7.02. The molecule has 164 valence electrons. The molecule has 0 atom stereocenters. The number of hydrogen-bond donors (Lipinski definition) is 1. The SMILES string of the molecule is CCNC(=NCCCOc1ccc(OC)cc1)N1CCC(OCCCOC)CC1. The van der Waals surface area contributed by atoms with Crippen molar-refractivity contribution in [3.05, 3.63) is 24.3 Å². The number of likely N-dealkylation sites (tertiary alicyclic amines) is 1. The van der Waals surface area contributed by atoms with E-state index in [2.05, 4.69) is 17.1 Å². The third-order valence-electron chi connectivity index (χ3n) is 4.81. The molecule has 1 fully saturated rings. The Morgan fingerprint density at radius 3 is 2.41 bits per heavy atom. The van der Waals surface area contributed by atoms with Crippen molar-refractivity contribution in [2.45, 2.75) is 38.7 Å². The summed E-state index contributed by atoms with van der Waals surface area (Å²) in [6.45, 7) is 7.85. The molecule has 1 aliphatic rings. The zero-order valence-corrected chi connectivity index (χ0v) is 18.2. The molecule has 1 aliphatic heterocycles. The molecule has 7 heteroatoms. The Kier molecular flexibility index (Phi) is 11.3. The third-order valence-corrected chi connectivity index (χ3v) is 4.81. The first kappa shape index (κ1) is 23.3. The summed E-state index contributed by atoms with van der Waals surface area (Å²) in [7, 11) is 3.39. The van der Waals surface area contributed by atoms with Crippen molar-refractivity contribution in [1.82, 2.24) is 10.2 Å². The number of rotatable bonds is 12. The Morgan fingerprint density at radius 1 is 1.03 bits per heavy atom. The van der Waals surface area contributed by atoms with Crippen LogP contribution in [0.2, 0.25) is 0 Å². The zero-order valence-electron chi connectivity index (χ0n) is 18.2. The van der Waals surface area contributed by atoms with Crippen LogP contribution in [0.4, 0.5) is 0 Å². The standard InChI is InChI=1S/C22H37N3O4/c1-4-23-22(25-14-11-21(12-15-25)29-18-6-16-26-2)24-13-5-17-28-20-9-7-19(27-3)8-10-20/h7-10,21H,4-6,11-18H2,1-3H3,(H,23,24). The maximum absolute atomic E-state index is 5.95. The van der Waals surface area contributed by atoms with Crippen LogP contribution in [0, 0.1) is 0 Å². The third kappa shape index (κ3) is 8.92. The average molecular weight is 408 g/mol. The highest BCUT2D eigenvalue weighted by Crippen LogP contribution is 2.17. The number of nitrogens with zero attached hydrogens (tertiary/aromatic N) is 2. The van der Waals surface area contributed by atoms with E-state index in [1.165, 1.54) is 0 Å². The van der Waals surface area contributed by atoms with Crippen molar-refractivity contribution >= 4 is 5.96 Å². The van der Waals surface area contributed by atoms with E-state index in [9.17, 15) is 0 Å². The van der Waals surface area contributed by atoms with Crippen LogP contribution >= 0.6 is 0 Å². The van der Waals surface area contributed by atoms with Crippen LogP contribution in [0.1, 0.15) is 32.6 Å². The fourth-order valence-corrected chi connectivity index (χ4v) is 3.22. The first-order valence-electron chi connectivity index (χ1n) is 10.7. The minimum absolute atomic E-state index is 0.351. The first-order valence-corrected chi connectivity index (χ1v) is 10.7. The van der Waals surface area contributed by atoms with E-state index < -0.39 is 0 Å². The molecule has 0 radical (unpaired) electrons. The Morgan fingerprint density at radius 2 is 1.76 bits per heavy atom. The van der Waals surface area contributed by atoms with E-state index >= 15 is 0 Å². The largest absolute Gasteiger partial charge is 0.497 e. The average Bonchev–Trinajstić information content (AvgIpc) is 2.77. The highest BCUT2D eigenvalue weighted by molar-refractivity contribution is 5.80. The van der Waals surface area contributed by atoms with Gasteiger partial charge in [0.25, 0.3) is 0 Å². The summed E-state index contributed by atoms with van der Waals surface area (Å²) >= 11 is 0. The second-order valence-electron chi connectivity index (χ2n) is 7.02. The normalized spacial score (nSPS) is 15.4. The van der Waals surface area contributed by atoms with Crippen molar-refractivity contribution < 1.29 is 18.9 Å². The lowest BCUT2D eigenvalue weighted by atomic mass is 10.1. The van der Waals surface area contributed by atoms with E-state index in [4.69, 9.17) is 23.9 Å².